The number of carbonyl (C=O) groups is 1. The van der Waals surface area contributed by atoms with Gasteiger partial charge in [0.2, 0.25) is 5.91 Å². The van der Waals surface area contributed by atoms with E-state index in [2.05, 4.69) is 27.3 Å². The molecule has 5 heteroatoms. The van der Waals surface area contributed by atoms with Crippen LogP contribution in [0.4, 0.5) is 5.69 Å². The fraction of sp³-hybridized carbons (Fsp3) is 0.333. The van der Waals surface area contributed by atoms with Gasteiger partial charge in [-0.1, -0.05) is 0 Å². The molecule has 1 heterocycles. The van der Waals surface area contributed by atoms with Crippen molar-refractivity contribution in [1.29, 1.82) is 5.26 Å². The van der Waals surface area contributed by atoms with Crippen molar-refractivity contribution in [2.75, 3.05) is 18.9 Å². The monoisotopic (exact) mass is 293 g/mol. The number of anilines is 1. The first kappa shape index (κ1) is 11.9. The third-order valence-electron chi connectivity index (χ3n) is 2.86. The Bertz CT molecular complexity index is 495. The van der Waals surface area contributed by atoms with Gasteiger partial charge in [0.05, 0.1) is 5.56 Å². The molecule has 0 radical (unpaired) electrons. The lowest BCUT2D eigenvalue weighted by atomic mass is 10.2. The summed E-state index contributed by atoms with van der Waals surface area (Å²) in [7, 11) is 1.80. The molecule has 1 atom stereocenters. The molecule has 1 aromatic carbocycles. The van der Waals surface area contributed by atoms with Gasteiger partial charge in [0.15, 0.2) is 0 Å². The lowest BCUT2D eigenvalue weighted by Gasteiger charge is -2.13. The third-order valence-corrected chi connectivity index (χ3v) is 3.51. The number of amides is 1. The van der Waals surface area contributed by atoms with E-state index in [0.29, 0.717) is 5.56 Å². The number of nitrogens with zero attached hydrogens (tertiary/aromatic N) is 2. The van der Waals surface area contributed by atoms with Gasteiger partial charge in [-0.05, 0) is 40.5 Å². The molecular formula is C12H12BrN3O. The lowest BCUT2D eigenvalue weighted by Crippen LogP contribution is -2.30. The summed E-state index contributed by atoms with van der Waals surface area (Å²) in [5, 5.41) is 12.0. The standard InChI is InChI=1S/C12H12BrN3O/c1-16-5-4-11(12(16)17)15-9-3-2-8(7-14)10(13)6-9/h2-3,6,11,15H,4-5H2,1H3. The van der Waals surface area contributed by atoms with Gasteiger partial charge in [-0.3, -0.25) is 4.79 Å². The Hall–Kier alpha value is -1.54. The second kappa shape index (κ2) is 4.76. The van der Waals surface area contributed by atoms with Crippen LogP contribution in [0.15, 0.2) is 22.7 Å². The summed E-state index contributed by atoms with van der Waals surface area (Å²) in [5.74, 6) is 0.116. The van der Waals surface area contributed by atoms with E-state index in [1.54, 1.807) is 18.0 Å². The number of nitrogens with one attached hydrogen (secondary N) is 1. The molecule has 0 aromatic heterocycles. The van der Waals surface area contributed by atoms with Crippen LogP contribution in [0.25, 0.3) is 0 Å². The largest absolute Gasteiger partial charge is 0.374 e. The van der Waals surface area contributed by atoms with Crippen LogP contribution in [0.2, 0.25) is 0 Å². The van der Waals surface area contributed by atoms with E-state index >= 15 is 0 Å². The minimum absolute atomic E-state index is 0.116. The number of hydrogen-bond donors (Lipinski definition) is 1. The minimum Gasteiger partial charge on any atom is -0.374 e. The smallest absolute Gasteiger partial charge is 0.244 e. The number of likely N-dealkylation sites (tertiary alicyclic amines) is 1. The number of likely N-dealkylation sites (N-methyl/N-ethyl adjacent to an activating group) is 1. The van der Waals surface area contributed by atoms with Crippen molar-refractivity contribution in [3.63, 3.8) is 0 Å². The van der Waals surface area contributed by atoms with Crippen molar-refractivity contribution in [3.8, 4) is 6.07 Å². The molecule has 0 bridgehead atoms. The van der Waals surface area contributed by atoms with Crippen LogP contribution in [0.5, 0.6) is 0 Å². The van der Waals surface area contributed by atoms with E-state index in [-0.39, 0.29) is 11.9 Å². The number of benzene rings is 1. The number of halogens is 1. The second-order valence-electron chi connectivity index (χ2n) is 4.05. The molecule has 1 saturated heterocycles. The van der Waals surface area contributed by atoms with E-state index in [4.69, 9.17) is 5.26 Å². The molecule has 1 aliphatic heterocycles. The Balaban J connectivity index is 2.13. The van der Waals surface area contributed by atoms with Crippen LogP contribution in [-0.4, -0.2) is 30.4 Å². The molecule has 4 nitrogen and oxygen atoms in total. The zero-order valence-corrected chi connectivity index (χ0v) is 11.0. The van der Waals surface area contributed by atoms with Crippen LogP contribution in [0.1, 0.15) is 12.0 Å². The molecule has 0 saturated carbocycles. The van der Waals surface area contributed by atoms with Crippen LogP contribution in [0.3, 0.4) is 0 Å². The lowest BCUT2D eigenvalue weighted by molar-refractivity contribution is -0.127. The highest BCUT2D eigenvalue weighted by Crippen LogP contribution is 2.23. The number of rotatable bonds is 2. The number of carbonyl (C=O) groups excluding carboxylic acids is 1. The molecule has 1 amide bonds. The van der Waals surface area contributed by atoms with Gasteiger partial charge >= 0.3 is 0 Å². The first-order valence-electron chi connectivity index (χ1n) is 5.33. The molecule has 1 aromatic rings. The molecule has 2 rings (SSSR count). The molecular weight excluding hydrogens is 282 g/mol. The van der Waals surface area contributed by atoms with Gasteiger partial charge in [-0.25, -0.2) is 0 Å². The maximum Gasteiger partial charge on any atom is 0.244 e. The summed E-state index contributed by atoms with van der Waals surface area (Å²) in [6.45, 7) is 0.786. The second-order valence-corrected chi connectivity index (χ2v) is 4.91. The molecule has 88 valence electrons. The first-order chi connectivity index (χ1) is 8.11. The van der Waals surface area contributed by atoms with E-state index < -0.39 is 0 Å². The zero-order valence-electron chi connectivity index (χ0n) is 9.40. The summed E-state index contributed by atoms with van der Waals surface area (Å²) in [6.07, 6.45) is 0.812. The molecule has 1 aliphatic rings. The first-order valence-corrected chi connectivity index (χ1v) is 6.12. The van der Waals surface area contributed by atoms with Gasteiger partial charge in [-0.2, -0.15) is 5.26 Å². The van der Waals surface area contributed by atoms with E-state index in [9.17, 15) is 4.79 Å². The highest BCUT2D eigenvalue weighted by atomic mass is 79.9. The Morgan fingerprint density at radius 2 is 2.35 bits per heavy atom. The Morgan fingerprint density at radius 1 is 1.59 bits per heavy atom. The van der Waals surface area contributed by atoms with Gasteiger partial charge in [0, 0.05) is 23.8 Å². The highest BCUT2D eigenvalue weighted by Gasteiger charge is 2.28. The van der Waals surface area contributed by atoms with Crippen LogP contribution >= 0.6 is 15.9 Å². The summed E-state index contributed by atoms with van der Waals surface area (Å²) in [4.78, 5) is 13.4. The van der Waals surface area contributed by atoms with Crippen molar-refractivity contribution in [2.45, 2.75) is 12.5 Å². The van der Waals surface area contributed by atoms with Crippen molar-refractivity contribution < 1.29 is 4.79 Å². The van der Waals surface area contributed by atoms with Crippen LogP contribution < -0.4 is 5.32 Å². The van der Waals surface area contributed by atoms with Gasteiger partial charge in [-0.15, -0.1) is 0 Å². The molecule has 1 fully saturated rings. The Morgan fingerprint density at radius 3 is 2.88 bits per heavy atom. The maximum atomic E-state index is 11.7. The van der Waals surface area contributed by atoms with E-state index in [1.807, 2.05) is 12.1 Å². The van der Waals surface area contributed by atoms with Crippen molar-refractivity contribution >= 4 is 27.5 Å². The topological polar surface area (TPSA) is 56.1 Å². The van der Waals surface area contributed by atoms with Crippen LogP contribution in [-0.2, 0) is 4.79 Å². The normalized spacial score (nSPS) is 19.2. The summed E-state index contributed by atoms with van der Waals surface area (Å²) in [5.41, 5.74) is 1.44. The summed E-state index contributed by atoms with van der Waals surface area (Å²) in [6, 6.07) is 7.30. The van der Waals surface area contributed by atoms with E-state index in [1.165, 1.54) is 0 Å². The van der Waals surface area contributed by atoms with Crippen molar-refractivity contribution in [3.05, 3.63) is 28.2 Å². The highest BCUT2D eigenvalue weighted by molar-refractivity contribution is 9.10. The zero-order chi connectivity index (χ0) is 12.4. The van der Waals surface area contributed by atoms with Crippen molar-refractivity contribution in [2.24, 2.45) is 0 Å². The average Bonchev–Trinajstić information content (AvgIpc) is 2.61. The average molecular weight is 294 g/mol. The van der Waals surface area contributed by atoms with Crippen molar-refractivity contribution in [1.82, 2.24) is 4.90 Å². The Kier molecular flexibility index (Phi) is 3.34. The molecule has 1 unspecified atom stereocenters. The summed E-state index contributed by atoms with van der Waals surface area (Å²) < 4.78 is 0.740. The predicted octanol–water partition coefficient (Wildman–Crippen LogP) is 1.96. The van der Waals surface area contributed by atoms with Gasteiger partial charge in [0.25, 0.3) is 0 Å². The quantitative estimate of drug-likeness (QED) is 0.907. The van der Waals surface area contributed by atoms with Gasteiger partial charge < -0.3 is 10.2 Å². The molecule has 0 aliphatic carbocycles. The fourth-order valence-corrected chi connectivity index (χ4v) is 2.32. The Labute approximate surface area is 108 Å². The predicted molar refractivity (Wildman–Crippen MR) is 68.5 cm³/mol. The maximum absolute atomic E-state index is 11.7. The third kappa shape index (κ3) is 2.42. The number of nitriles is 1. The number of hydrogen-bond acceptors (Lipinski definition) is 3. The van der Waals surface area contributed by atoms with Gasteiger partial charge in [0.1, 0.15) is 12.1 Å². The molecule has 0 spiro atoms. The fourth-order valence-electron chi connectivity index (χ4n) is 1.85. The SMILES string of the molecule is CN1CCC(Nc2ccc(C#N)c(Br)c2)C1=O. The van der Waals surface area contributed by atoms with Crippen LogP contribution in [0, 0.1) is 11.3 Å². The minimum atomic E-state index is -0.153. The summed E-state index contributed by atoms with van der Waals surface area (Å²) >= 11 is 3.33. The van der Waals surface area contributed by atoms with E-state index in [0.717, 1.165) is 23.1 Å². The molecule has 17 heavy (non-hydrogen) atoms. The molecule has 1 N–H and O–H groups in total.